The van der Waals surface area contributed by atoms with E-state index in [0.717, 1.165) is 0 Å². The van der Waals surface area contributed by atoms with Gasteiger partial charge in [0.1, 0.15) is 24.4 Å². The van der Waals surface area contributed by atoms with Gasteiger partial charge in [0.15, 0.2) is 6.29 Å². The largest absolute Gasteiger partial charge is 0.470 e. The fraction of sp³-hybridized carbons (Fsp3) is 1.00. The molecule has 0 aromatic carbocycles. The number of ether oxygens (including phenoxy) is 1. The van der Waals surface area contributed by atoms with E-state index >= 15 is 0 Å². The zero-order valence-electron chi connectivity index (χ0n) is 11.4. The van der Waals surface area contributed by atoms with Crippen LogP contribution in [0, 0.1) is 0 Å². The Hall–Kier alpha value is 0.210. The van der Waals surface area contributed by atoms with Crippen LogP contribution < -0.4 is 0 Å². The summed E-state index contributed by atoms with van der Waals surface area (Å²) < 4.78 is 50.0. The average molecular weight is 420 g/mol. The lowest BCUT2D eigenvalue weighted by Crippen LogP contribution is -2.60. The van der Waals surface area contributed by atoms with Gasteiger partial charge in [-0.3, -0.25) is 13.6 Å². The van der Waals surface area contributed by atoms with Gasteiger partial charge in [-0.1, -0.05) is 0 Å². The normalized spacial score (nSPS) is 32.8. The zero-order valence-corrected chi connectivity index (χ0v) is 14.1. The minimum Gasteiger partial charge on any atom is -0.394 e. The van der Waals surface area contributed by atoms with E-state index in [9.17, 15) is 18.8 Å². The van der Waals surface area contributed by atoms with Crippen molar-refractivity contribution in [2.24, 2.45) is 0 Å². The summed E-state index contributed by atoms with van der Waals surface area (Å²) >= 11 is 0. The number of phosphoric acid groups is 3. The van der Waals surface area contributed by atoms with Crippen molar-refractivity contribution in [2.75, 3.05) is 6.61 Å². The molecule has 0 bridgehead atoms. The van der Waals surface area contributed by atoms with Crippen molar-refractivity contribution in [3.8, 4) is 0 Å². The molecule has 0 radical (unpaired) electrons. The van der Waals surface area contributed by atoms with Gasteiger partial charge in [-0.15, -0.1) is 0 Å². The number of hydrogen-bond acceptors (Lipinski definition) is 9. The molecular formula is C6H15O15P3. The number of aliphatic hydroxyl groups excluding tert-OH is 2. The maximum atomic E-state index is 11.0. The molecule has 18 heteroatoms. The minimum absolute atomic E-state index is 1.06. The SMILES string of the molecule is O=P(O)(O)O[C@@H]1[C@H](OP(=O)(O)O)[C@@H](O)O[C@H](CO)[C@H]1OP(=O)(O)O. The monoisotopic (exact) mass is 420 g/mol. The van der Waals surface area contributed by atoms with Crippen LogP contribution in [-0.2, 0) is 32.0 Å². The molecule has 15 nitrogen and oxygen atoms in total. The molecule has 24 heavy (non-hydrogen) atoms. The molecule has 0 aliphatic carbocycles. The van der Waals surface area contributed by atoms with Crippen molar-refractivity contribution >= 4 is 23.5 Å². The van der Waals surface area contributed by atoms with E-state index in [1.807, 2.05) is 0 Å². The Morgan fingerprint density at radius 3 is 1.50 bits per heavy atom. The predicted molar refractivity (Wildman–Crippen MR) is 68.7 cm³/mol. The molecule has 0 amide bonds. The van der Waals surface area contributed by atoms with E-state index in [1.165, 1.54) is 0 Å². The third kappa shape index (κ3) is 7.22. The van der Waals surface area contributed by atoms with Crippen LogP contribution in [0.25, 0.3) is 0 Å². The summed E-state index contributed by atoms with van der Waals surface area (Å²) in [6.45, 7) is -1.06. The Balaban J connectivity index is 3.27. The van der Waals surface area contributed by atoms with Gasteiger partial charge in [-0.2, -0.15) is 0 Å². The van der Waals surface area contributed by atoms with E-state index < -0.39 is 60.8 Å². The summed E-state index contributed by atoms with van der Waals surface area (Å²) in [7, 11) is -16.1. The van der Waals surface area contributed by atoms with E-state index in [0.29, 0.717) is 0 Å². The Labute approximate surface area is 133 Å². The first-order valence-corrected chi connectivity index (χ1v) is 10.4. The highest BCUT2D eigenvalue weighted by Gasteiger charge is 2.53. The molecule has 1 saturated heterocycles. The van der Waals surface area contributed by atoms with Crippen molar-refractivity contribution in [2.45, 2.75) is 30.7 Å². The third-order valence-corrected chi connectivity index (χ3v) is 4.12. The van der Waals surface area contributed by atoms with Crippen molar-refractivity contribution in [3.63, 3.8) is 0 Å². The zero-order chi connectivity index (χ0) is 18.9. The lowest BCUT2D eigenvalue weighted by atomic mass is 9.99. The van der Waals surface area contributed by atoms with Crippen molar-refractivity contribution < 1.29 is 71.6 Å². The van der Waals surface area contributed by atoms with E-state index in [4.69, 9.17) is 34.5 Å². The molecule has 0 spiro atoms. The van der Waals surface area contributed by atoms with Crippen molar-refractivity contribution in [1.29, 1.82) is 0 Å². The molecule has 1 rings (SSSR count). The highest BCUT2D eigenvalue weighted by molar-refractivity contribution is 7.47. The summed E-state index contributed by atoms with van der Waals surface area (Å²) in [4.78, 5) is 52.9. The van der Waals surface area contributed by atoms with Gasteiger partial charge < -0.3 is 44.3 Å². The Kier molecular flexibility index (Phi) is 7.27. The summed E-state index contributed by atoms with van der Waals surface area (Å²) in [6.07, 6.45) is -10.9. The van der Waals surface area contributed by atoms with E-state index in [-0.39, 0.29) is 0 Å². The fourth-order valence-electron chi connectivity index (χ4n) is 1.88. The molecule has 0 aromatic heterocycles. The summed E-state index contributed by atoms with van der Waals surface area (Å²) in [5, 5.41) is 18.7. The highest BCUT2D eigenvalue weighted by Crippen LogP contribution is 2.49. The molecule has 5 atom stereocenters. The third-order valence-electron chi connectivity index (χ3n) is 2.57. The molecule has 0 aromatic rings. The van der Waals surface area contributed by atoms with Gasteiger partial charge in [0.05, 0.1) is 6.61 Å². The topological polar surface area (TPSA) is 250 Å². The predicted octanol–water partition coefficient (Wildman–Crippen LogP) is -2.87. The van der Waals surface area contributed by atoms with Gasteiger partial charge in [-0.25, -0.2) is 13.7 Å². The van der Waals surface area contributed by atoms with Crippen molar-refractivity contribution in [1.82, 2.24) is 0 Å². The van der Waals surface area contributed by atoms with Crippen LogP contribution in [0.15, 0.2) is 0 Å². The fourth-order valence-corrected chi connectivity index (χ4v) is 3.55. The molecule has 0 unspecified atom stereocenters. The molecule has 8 N–H and O–H groups in total. The van der Waals surface area contributed by atoms with E-state index in [2.05, 4.69) is 18.3 Å². The second-order valence-corrected chi connectivity index (χ2v) is 8.01. The van der Waals surface area contributed by atoms with Gasteiger partial charge in [0.2, 0.25) is 0 Å². The summed E-state index contributed by atoms with van der Waals surface area (Å²) in [5.41, 5.74) is 0. The molecule has 0 saturated carbocycles. The summed E-state index contributed by atoms with van der Waals surface area (Å²) in [6, 6.07) is 0. The smallest absolute Gasteiger partial charge is 0.394 e. The van der Waals surface area contributed by atoms with Crippen LogP contribution in [0.2, 0.25) is 0 Å². The second-order valence-electron chi connectivity index (χ2n) is 4.43. The molecule has 1 aliphatic heterocycles. The molecular weight excluding hydrogens is 405 g/mol. The molecule has 1 heterocycles. The lowest BCUT2D eigenvalue weighted by molar-refractivity contribution is -0.276. The number of hydrogen-bond donors (Lipinski definition) is 8. The van der Waals surface area contributed by atoms with Crippen LogP contribution in [-0.4, -0.2) is 76.9 Å². The van der Waals surface area contributed by atoms with Gasteiger partial charge >= 0.3 is 23.5 Å². The first-order valence-electron chi connectivity index (χ1n) is 5.79. The quantitative estimate of drug-likeness (QED) is 0.193. The van der Waals surface area contributed by atoms with Gasteiger partial charge in [0.25, 0.3) is 0 Å². The molecule has 1 aliphatic rings. The van der Waals surface area contributed by atoms with Crippen LogP contribution >= 0.6 is 23.5 Å². The Morgan fingerprint density at radius 2 is 1.12 bits per heavy atom. The standard InChI is InChI=1S/C6H15O15P3/c7-1-2-3(19-22(9,10)11)4(20-23(12,13)14)5(6(8)18-2)21-24(15,16)17/h2-8H,1H2,(H2,9,10,11)(H2,12,13,14)(H2,15,16,17)/t2-,3-,4+,5+,6+/m1/s1. The molecule has 144 valence electrons. The van der Waals surface area contributed by atoms with E-state index in [1.54, 1.807) is 0 Å². The van der Waals surface area contributed by atoms with Crippen LogP contribution in [0.1, 0.15) is 0 Å². The average Bonchev–Trinajstić information content (AvgIpc) is 2.32. The van der Waals surface area contributed by atoms with Crippen LogP contribution in [0.4, 0.5) is 0 Å². The number of rotatable bonds is 7. The number of aliphatic hydroxyl groups is 2. The van der Waals surface area contributed by atoms with Crippen molar-refractivity contribution in [3.05, 3.63) is 0 Å². The van der Waals surface area contributed by atoms with Crippen LogP contribution in [0.5, 0.6) is 0 Å². The number of phosphoric ester groups is 3. The second kappa shape index (κ2) is 7.84. The summed E-state index contributed by atoms with van der Waals surface area (Å²) in [5.74, 6) is 0. The van der Waals surface area contributed by atoms with Gasteiger partial charge in [0, 0.05) is 0 Å². The molecule has 1 fully saturated rings. The Bertz CT molecular complexity index is 560. The van der Waals surface area contributed by atoms with Gasteiger partial charge in [-0.05, 0) is 0 Å². The first-order chi connectivity index (χ1) is 10.6. The maximum absolute atomic E-state index is 11.0. The Morgan fingerprint density at radius 1 is 0.750 bits per heavy atom. The maximum Gasteiger partial charge on any atom is 0.470 e. The highest BCUT2D eigenvalue weighted by atomic mass is 31.2. The first kappa shape index (κ1) is 22.3. The lowest BCUT2D eigenvalue weighted by Gasteiger charge is -2.43. The van der Waals surface area contributed by atoms with Crippen LogP contribution in [0.3, 0.4) is 0 Å². The minimum atomic E-state index is -5.42.